The first-order valence-corrected chi connectivity index (χ1v) is 7.95. The quantitative estimate of drug-likeness (QED) is 0.581. The second-order valence-electron chi connectivity index (χ2n) is 5.91. The van der Waals surface area contributed by atoms with Gasteiger partial charge >= 0.3 is 6.18 Å². The second kappa shape index (κ2) is 6.04. The van der Waals surface area contributed by atoms with Gasteiger partial charge in [-0.05, 0) is 37.3 Å². The Kier molecular flexibility index (Phi) is 3.79. The van der Waals surface area contributed by atoms with Gasteiger partial charge in [0.15, 0.2) is 0 Å². The van der Waals surface area contributed by atoms with Gasteiger partial charge in [0, 0.05) is 18.1 Å². The predicted octanol–water partition coefficient (Wildman–Crippen LogP) is 3.76. The molecule has 0 unspecified atom stereocenters. The monoisotopic (exact) mass is 370 g/mol. The van der Waals surface area contributed by atoms with Crippen molar-refractivity contribution in [1.29, 1.82) is 0 Å². The maximum absolute atomic E-state index is 13.1. The number of halogens is 3. The standard InChI is InChI=1S/C18H13F3N6/c1-10-3-2-4-12(24-10)15-16(13-5-7-23-17(22)25-13)27-8-6-11(18(19,20)21)9-14(27)26-15/h2-9H,1H3,(H2,22,23,25). The Hall–Kier alpha value is -3.49. The summed E-state index contributed by atoms with van der Waals surface area (Å²) in [5.74, 6) is 0.0533. The molecule has 0 spiro atoms. The van der Waals surface area contributed by atoms with Crippen molar-refractivity contribution in [1.82, 2.24) is 24.3 Å². The molecule has 0 bridgehead atoms. The first-order chi connectivity index (χ1) is 12.8. The van der Waals surface area contributed by atoms with Crippen LogP contribution < -0.4 is 5.73 Å². The van der Waals surface area contributed by atoms with Crippen LogP contribution in [0.4, 0.5) is 19.1 Å². The molecule has 27 heavy (non-hydrogen) atoms. The number of anilines is 1. The Morgan fingerprint density at radius 1 is 1.00 bits per heavy atom. The number of hydrogen-bond donors (Lipinski definition) is 1. The van der Waals surface area contributed by atoms with Gasteiger partial charge < -0.3 is 5.73 Å². The van der Waals surface area contributed by atoms with Crippen molar-refractivity contribution in [3.05, 3.63) is 60.0 Å². The van der Waals surface area contributed by atoms with Crippen LogP contribution in [0.3, 0.4) is 0 Å². The molecule has 4 rings (SSSR count). The van der Waals surface area contributed by atoms with Crippen LogP contribution in [0, 0.1) is 6.92 Å². The number of hydrogen-bond acceptors (Lipinski definition) is 5. The molecule has 0 radical (unpaired) electrons. The van der Waals surface area contributed by atoms with Crippen molar-refractivity contribution in [3.8, 4) is 22.8 Å². The smallest absolute Gasteiger partial charge is 0.368 e. The number of rotatable bonds is 2. The lowest BCUT2D eigenvalue weighted by Gasteiger charge is -2.08. The predicted molar refractivity (Wildman–Crippen MR) is 93.6 cm³/mol. The van der Waals surface area contributed by atoms with E-state index < -0.39 is 11.7 Å². The molecule has 2 N–H and O–H groups in total. The average molecular weight is 370 g/mol. The lowest BCUT2D eigenvalue weighted by Crippen LogP contribution is -2.05. The van der Waals surface area contributed by atoms with Crippen molar-refractivity contribution in [2.75, 3.05) is 5.73 Å². The van der Waals surface area contributed by atoms with Crippen molar-refractivity contribution in [2.45, 2.75) is 13.1 Å². The molecule has 0 saturated heterocycles. The number of fused-ring (bicyclic) bond motifs is 1. The van der Waals surface area contributed by atoms with Crippen molar-refractivity contribution >= 4 is 11.6 Å². The van der Waals surface area contributed by atoms with Crippen LogP contribution in [-0.2, 0) is 6.18 Å². The van der Waals surface area contributed by atoms with Gasteiger partial charge in [-0.25, -0.2) is 15.0 Å². The summed E-state index contributed by atoms with van der Waals surface area (Å²) < 4.78 is 40.8. The van der Waals surface area contributed by atoms with Gasteiger partial charge in [0.1, 0.15) is 17.0 Å². The number of nitrogens with zero attached hydrogens (tertiary/aromatic N) is 5. The van der Waals surface area contributed by atoms with E-state index >= 15 is 0 Å². The fourth-order valence-corrected chi connectivity index (χ4v) is 2.82. The second-order valence-corrected chi connectivity index (χ2v) is 5.91. The fraction of sp³-hybridized carbons (Fsp3) is 0.111. The Bertz CT molecular complexity index is 1150. The van der Waals surface area contributed by atoms with Crippen molar-refractivity contribution < 1.29 is 13.2 Å². The zero-order valence-corrected chi connectivity index (χ0v) is 14.1. The topological polar surface area (TPSA) is 82.0 Å². The van der Waals surface area contributed by atoms with E-state index in [1.165, 1.54) is 16.8 Å². The summed E-state index contributed by atoms with van der Waals surface area (Å²) in [5.41, 5.74) is 7.67. The molecular formula is C18H13F3N6. The van der Waals surface area contributed by atoms with E-state index in [-0.39, 0.29) is 11.6 Å². The largest absolute Gasteiger partial charge is 0.416 e. The minimum absolute atomic E-state index is 0.0533. The summed E-state index contributed by atoms with van der Waals surface area (Å²) in [4.78, 5) is 16.9. The van der Waals surface area contributed by atoms with Crippen molar-refractivity contribution in [3.63, 3.8) is 0 Å². The van der Waals surface area contributed by atoms with Gasteiger partial charge in [0.05, 0.1) is 17.0 Å². The fourth-order valence-electron chi connectivity index (χ4n) is 2.82. The Balaban J connectivity index is 2.04. The van der Waals surface area contributed by atoms with E-state index in [9.17, 15) is 13.2 Å². The number of pyridine rings is 2. The number of nitrogen functional groups attached to an aromatic ring is 1. The third kappa shape index (κ3) is 3.07. The number of alkyl halides is 3. The normalized spacial score (nSPS) is 11.9. The average Bonchev–Trinajstić information content (AvgIpc) is 2.99. The third-order valence-corrected chi connectivity index (χ3v) is 4.00. The molecule has 0 atom stereocenters. The minimum Gasteiger partial charge on any atom is -0.368 e. The van der Waals surface area contributed by atoms with Gasteiger partial charge in [-0.3, -0.25) is 9.38 Å². The molecule has 0 amide bonds. The summed E-state index contributed by atoms with van der Waals surface area (Å²) in [6.07, 6.45) is -1.67. The summed E-state index contributed by atoms with van der Waals surface area (Å²) in [5, 5.41) is 0. The first-order valence-electron chi connectivity index (χ1n) is 7.95. The molecule has 0 aliphatic heterocycles. The van der Waals surface area contributed by atoms with Crippen LogP contribution in [-0.4, -0.2) is 24.3 Å². The third-order valence-electron chi connectivity index (χ3n) is 4.00. The maximum Gasteiger partial charge on any atom is 0.416 e. The van der Waals surface area contributed by atoms with Crippen LogP contribution in [0.2, 0.25) is 0 Å². The maximum atomic E-state index is 13.1. The molecule has 136 valence electrons. The first kappa shape index (κ1) is 17.0. The van der Waals surface area contributed by atoms with Gasteiger partial charge in [-0.2, -0.15) is 13.2 Å². The summed E-state index contributed by atoms with van der Waals surface area (Å²) in [7, 11) is 0. The van der Waals surface area contributed by atoms with Gasteiger partial charge in [0.25, 0.3) is 0 Å². The molecule has 0 aliphatic rings. The Labute approximate surface area is 151 Å². The number of imidazole rings is 1. The van der Waals surface area contributed by atoms with Gasteiger partial charge in [-0.15, -0.1) is 0 Å². The minimum atomic E-state index is -4.46. The highest BCUT2D eigenvalue weighted by molar-refractivity contribution is 5.79. The molecule has 0 aliphatic carbocycles. The zero-order chi connectivity index (χ0) is 19.2. The highest BCUT2D eigenvalue weighted by atomic mass is 19.4. The van der Waals surface area contributed by atoms with Crippen LogP contribution >= 0.6 is 0 Å². The van der Waals surface area contributed by atoms with Gasteiger partial charge in [-0.1, -0.05) is 6.07 Å². The molecule has 0 saturated carbocycles. The van der Waals surface area contributed by atoms with Crippen LogP contribution in [0.25, 0.3) is 28.4 Å². The zero-order valence-electron chi connectivity index (χ0n) is 14.1. The molecule has 0 fully saturated rings. The highest BCUT2D eigenvalue weighted by Crippen LogP contribution is 2.34. The molecule has 9 heteroatoms. The highest BCUT2D eigenvalue weighted by Gasteiger charge is 2.31. The van der Waals surface area contributed by atoms with Crippen LogP contribution in [0.5, 0.6) is 0 Å². The number of aryl methyl sites for hydroxylation is 1. The van der Waals surface area contributed by atoms with E-state index in [0.29, 0.717) is 22.8 Å². The van der Waals surface area contributed by atoms with E-state index in [0.717, 1.165) is 17.8 Å². The number of aromatic nitrogens is 5. The summed E-state index contributed by atoms with van der Waals surface area (Å²) >= 11 is 0. The molecule has 4 aromatic heterocycles. The number of nitrogens with two attached hydrogens (primary N) is 1. The van der Waals surface area contributed by atoms with Crippen molar-refractivity contribution in [2.24, 2.45) is 0 Å². The van der Waals surface area contributed by atoms with Gasteiger partial charge in [0.2, 0.25) is 5.95 Å². The Morgan fingerprint density at radius 2 is 1.81 bits per heavy atom. The lowest BCUT2D eigenvalue weighted by atomic mass is 10.1. The lowest BCUT2D eigenvalue weighted by molar-refractivity contribution is -0.137. The van der Waals surface area contributed by atoms with Crippen LogP contribution in [0.1, 0.15) is 11.3 Å². The molecular weight excluding hydrogens is 357 g/mol. The SMILES string of the molecule is Cc1cccc(-c2nc3cc(C(F)(F)F)ccn3c2-c2ccnc(N)n2)n1. The summed E-state index contributed by atoms with van der Waals surface area (Å²) in [6, 6.07) is 8.98. The molecule has 0 aromatic carbocycles. The molecule has 6 nitrogen and oxygen atoms in total. The Morgan fingerprint density at radius 3 is 2.52 bits per heavy atom. The van der Waals surface area contributed by atoms with Crippen LogP contribution in [0.15, 0.2) is 48.8 Å². The van der Waals surface area contributed by atoms with E-state index in [2.05, 4.69) is 19.9 Å². The summed E-state index contributed by atoms with van der Waals surface area (Å²) in [6.45, 7) is 1.82. The van der Waals surface area contributed by atoms with E-state index in [1.54, 1.807) is 18.2 Å². The molecule has 4 heterocycles. The molecule has 4 aromatic rings. The van der Waals surface area contributed by atoms with E-state index in [1.807, 2.05) is 13.0 Å². The van der Waals surface area contributed by atoms with E-state index in [4.69, 9.17) is 5.73 Å².